The largest absolute Gasteiger partial charge is 0.472 e. The van der Waals surface area contributed by atoms with E-state index < -0.39 is 97.5 Å². The van der Waals surface area contributed by atoms with Crippen molar-refractivity contribution in [1.82, 2.24) is 0 Å². The van der Waals surface area contributed by atoms with Gasteiger partial charge >= 0.3 is 39.5 Å². The molecule has 5 atom stereocenters. The summed E-state index contributed by atoms with van der Waals surface area (Å²) in [5.41, 5.74) is 0. The summed E-state index contributed by atoms with van der Waals surface area (Å²) in [5.74, 6) is -2.30. The first-order valence-corrected chi connectivity index (χ1v) is 41.8. The first kappa shape index (κ1) is 95.5. The van der Waals surface area contributed by atoms with Gasteiger partial charge < -0.3 is 33.8 Å². The molecule has 0 fully saturated rings. The minimum absolute atomic E-state index is 0.0311. The smallest absolute Gasteiger partial charge is 0.462 e. The molecule has 0 heterocycles. The standard InChI is InChI=1S/C81H138O17P2/c1-5-9-13-17-21-25-29-32-35-36-37-38-41-43-47-50-54-58-62-66-79(84)92-72-77(98-81(86)68-64-60-56-52-48-44-40-34-31-27-23-19-15-11-7-3)74-96-100(89,90)94-70-75(82)69-93-99(87,88)95-73-76(97-80(85)67-63-59-55-51-45-28-24-20-16-12-8-4)71-91-78(83)65-61-57-53-49-46-42-39-33-30-26-22-18-14-10-6-2/h9,13,21-23,25-27,32-35,37-40,43,47,54,58,75-77,82H,5-8,10-12,14-20,24,28-31,36,41-42,44-46,48-53,55-57,59-74H2,1-4H3,(H,87,88)(H,89,90)/b13-9-,25-21-,26-22-,27-23-,35-32-,38-37-,39-33-,40-34-,47-43-,58-54-. The van der Waals surface area contributed by atoms with Crippen LogP contribution in [0.25, 0.3) is 0 Å². The van der Waals surface area contributed by atoms with Gasteiger partial charge in [-0.15, -0.1) is 0 Å². The lowest BCUT2D eigenvalue weighted by molar-refractivity contribution is -0.161. The third-order valence-electron chi connectivity index (χ3n) is 15.9. The molecule has 3 N–H and O–H groups in total. The van der Waals surface area contributed by atoms with Gasteiger partial charge in [-0.1, -0.05) is 278 Å². The Kier molecular flexibility index (Phi) is 69.5. The second-order valence-electron chi connectivity index (χ2n) is 25.6. The highest BCUT2D eigenvalue weighted by Crippen LogP contribution is 2.45. The zero-order valence-electron chi connectivity index (χ0n) is 62.6. The van der Waals surface area contributed by atoms with Crippen molar-refractivity contribution < 1.29 is 80.2 Å². The monoisotopic (exact) mass is 1440 g/mol. The van der Waals surface area contributed by atoms with E-state index in [1.165, 1.54) is 77.0 Å². The average molecular weight is 1450 g/mol. The molecule has 0 aromatic rings. The van der Waals surface area contributed by atoms with Gasteiger partial charge in [0, 0.05) is 25.7 Å². The number of aliphatic hydroxyl groups excluding tert-OH is 1. The molecule has 100 heavy (non-hydrogen) atoms. The van der Waals surface area contributed by atoms with E-state index in [1.54, 1.807) is 0 Å². The van der Waals surface area contributed by atoms with Crippen LogP contribution in [0, 0.1) is 0 Å². The van der Waals surface area contributed by atoms with Crippen molar-refractivity contribution in [2.45, 2.75) is 329 Å². The lowest BCUT2D eigenvalue weighted by atomic mass is 10.1. The molecule has 0 aliphatic heterocycles. The number of carbonyl (C=O) groups is 4. The fraction of sp³-hybridized carbons (Fsp3) is 0.704. The van der Waals surface area contributed by atoms with Crippen LogP contribution >= 0.6 is 15.6 Å². The maximum Gasteiger partial charge on any atom is 0.472 e. The van der Waals surface area contributed by atoms with Crippen molar-refractivity contribution in [1.29, 1.82) is 0 Å². The number of phosphoric acid groups is 2. The summed E-state index contributed by atoms with van der Waals surface area (Å²) >= 11 is 0. The fourth-order valence-corrected chi connectivity index (χ4v) is 11.6. The Morgan fingerprint density at radius 2 is 0.540 bits per heavy atom. The third kappa shape index (κ3) is 71.8. The molecular formula is C81H138O17P2. The fourth-order valence-electron chi connectivity index (χ4n) is 10.0. The molecule has 0 rings (SSSR count). The van der Waals surface area contributed by atoms with Crippen molar-refractivity contribution in [3.8, 4) is 0 Å². The summed E-state index contributed by atoms with van der Waals surface area (Å²) < 4.78 is 68.4. The van der Waals surface area contributed by atoms with Crippen LogP contribution in [0.1, 0.15) is 310 Å². The number of aliphatic hydroxyl groups is 1. The zero-order valence-corrected chi connectivity index (χ0v) is 64.4. The van der Waals surface area contributed by atoms with Crippen LogP contribution in [0.5, 0.6) is 0 Å². The summed E-state index contributed by atoms with van der Waals surface area (Å²) in [7, 11) is -9.98. The molecule has 0 saturated heterocycles. The van der Waals surface area contributed by atoms with Gasteiger partial charge in [0.05, 0.1) is 26.4 Å². The first-order valence-electron chi connectivity index (χ1n) is 38.8. The maximum atomic E-state index is 13.1. The van der Waals surface area contributed by atoms with Gasteiger partial charge in [0.1, 0.15) is 19.3 Å². The van der Waals surface area contributed by atoms with Crippen LogP contribution in [0.4, 0.5) is 0 Å². The SMILES string of the molecule is CC/C=C\C/C=C\C/C=C\C/C=C\C/C=C\C/C=C\CCC(=O)OCC(COP(=O)(O)OCC(O)COP(=O)(O)OCC(COC(=O)CCCCCCC/C=C\C/C=C\CCCCC)OC(=O)CCCCCCCCCCCCC)OC(=O)CCCCCCC/C=C\C/C=C\CCCCC. The number of hydrogen-bond acceptors (Lipinski definition) is 15. The summed E-state index contributed by atoms with van der Waals surface area (Å²) in [6.45, 7) is 4.59. The second kappa shape index (κ2) is 72.8. The van der Waals surface area contributed by atoms with E-state index in [2.05, 4.69) is 131 Å². The van der Waals surface area contributed by atoms with Crippen LogP contribution < -0.4 is 0 Å². The number of allylic oxidation sites excluding steroid dienone is 20. The minimum Gasteiger partial charge on any atom is -0.462 e. The average Bonchev–Trinajstić information content (AvgIpc) is 0.985. The van der Waals surface area contributed by atoms with Crippen LogP contribution in [0.3, 0.4) is 0 Å². The molecule has 19 heteroatoms. The van der Waals surface area contributed by atoms with Crippen LogP contribution in [0.15, 0.2) is 122 Å². The van der Waals surface area contributed by atoms with Gasteiger partial charge in [0.15, 0.2) is 12.2 Å². The molecule has 5 unspecified atom stereocenters. The van der Waals surface area contributed by atoms with E-state index in [-0.39, 0.29) is 25.7 Å². The number of esters is 4. The number of phosphoric ester groups is 2. The first-order chi connectivity index (χ1) is 48.7. The molecule has 0 aliphatic carbocycles. The summed E-state index contributed by atoms with van der Waals surface area (Å²) in [5, 5.41) is 10.6. The number of carbonyl (C=O) groups excluding carboxylic acids is 4. The Bertz CT molecular complexity index is 2370. The van der Waals surface area contributed by atoms with E-state index in [0.717, 1.165) is 148 Å². The quantitative estimate of drug-likeness (QED) is 0.0169. The van der Waals surface area contributed by atoms with E-state index in [4.69, 9.17) is 37.0 Å². The Labute approximate surface area is 606 Å². The molecular weight excluding hydrogens is 1310 g/mol. The van der Waals surface area contributed by atoms with Crippen molar-refractivity contribution in [2.24, 2.45) is 0 Å². The normalized spacial score (nSPS) is 14.6. The number of rotatable bonds is 72. The Balaban J connectivity index is 5.41. The predicted molar refractivity (Wildman–Crippen MR) is 408 cm³/mol. The lowest BCUT2D eigenvalue weighted by Gasteiger charge is -2.21. The van der Waals surface area contributed by atoms with Crippen molar-refractivity contribution in [2.75, 3.05) is 39.6 Å². The Morgan fingerprint density at radius 3 is 0.880 bits per heavy atom. The minimum atomic E-state index is -5.00. The van der Waals surface area contributed by atoms with E-state index >= 15 is 0 Å². The van der Waals surface area contributed by atoms with E-state index in [0.29, 0.717) is 32.1 Å². The zero-order chi connectivity index (χ0) is 73.2. The molecule has 0 spiro atoms. The van der Waals surface area contributed by atoms with Gasteiger partial charge in [0.2, 0.25) is 0 Å². The molecule has 0 saturated carbocycles. The van der Waals surface area contributed by atoms with Gasteiger partial charge in [-0.3, -0.25) is 37.3 Å². The highest BCUT2D eigenvalue weighted by Gasteiger charge is 2.30. The topological polar surface area (TPSA) is 237 Å². The summed E-state index contributed by atoms with van der Waals surface area (Å²) in [6.07, 6.45) is 79.1. The number of ether oxygens (including phenoxy) is 4. The van der Waals surface area contributed by atoms with Crippen LogP contribution in [0.2, 0.25) is 0 Å². The molecule has 0 bridgehead atoms. The van der Waals surface area contributed by atoms with Crippen LogP contribution in [-0.4, -0.2) is 96.7 Å². The molecule has 0 aromatic carbocycles. The van der Waals surface area contributed by atoms with Crippen molar-refractivity contribution in [3.05, 3.63) is 122 Å². The summed E-state index contributed by atoms with van der Waals surface area (Å²) in [6, 6.07) is 0. The van der Waals surface area contributed by atoms with E-state index in [1.807, 2.05) is 18.2 Å². The van der Waals surface area contributed by atoms with Crippen LogP contribution in [-0.2, 0) is 65.4 Å². The molecule has 574 valence electrons. The highest BCUT2D eigenvalue weighted by atomic mass is 31.2. The molecule has 0 radical (unpaired) electrons. The number of hydrogen-bond donors (Lipinski definition) is 3. The van der Waals surface area contributed by atoms with E-state index in [9.17, 15) is 43.2 Å². The van der Waals surface area contributed by atoms with Gasteiger partial charge in [-0.2, -0.15) is 0 Å². The lowest BCUT2D eigenvalue weighted by Crippen LogP contribution is -2.30. The van der Waals surface area contributed by atoms with Crippen molar-refractivity contribution >= 4 is 39.5 Å². The molecule has 0 amide bonds. The van der Waals surface area contributed by atoms with Gasteiger partial charge in [-0.05, 0) is 128 Å². The number of unbranched alkanes of at least 4 members (excludes halogenated alkanes) is 26. The maximum absolute atomic E-state index is 13.1. The predicted octanol–water partition coefficient (Wildman–Crippen LogP) is 22.3. The van der Waals surface area contributed by atoms with Gasteiger partial charge in [-0.25, -0.2) is 9.13 Å². The molecule has 0 aliphatic rings. The Morgan fingerprint density at radius 1 is 0.290 bits per heavy atom. The second-order valence-corrected chi connectivity index (χ2v) is 28.5. The molecule has 0 aromatic heterocycles. The Hall–Kier alpha value is -4.54. The van der Waals surface area contributed by atoms with Crippen molar-refractivity contribution in [3.63, 3.8) is 0 Å². The molecule has 17 nitrogen and oxygen atoms in total. The van der Waals surface area contributed by atoms with Gasteiger partial charge in [0.25, 0.3) is 0 Å². The highest BCUT2D eigenvalue weighted by molar-refractivity contribution is 7.47. The summed E-state index contributed by atoms with van der Waals surface area (Å²) in [4.78, 5) is 72.8. The third-order valence-corrected chi connectivity index (χ3v) is 17.8.